The summed E-state index contributed by atoms with van der Waals surface area (Å²) in [6, 6.07) is 8.03. The van der Waals surface area contributed by atoms with Crippen LogP contribution in [0.2, 0.25) is 0 Å². The molecule has 1 aromatic heterocycles. The summed E-state index contributed by atoms with van der Waals surface area (Å²) in [4.78, 5) is 14.3. The summed E-state index contributed by atoms with van der Waals surface area (Å²) >= 11 is 0. The molecule has 1 saturated heterocycles. The molecule has 3 rings (SSSR count). The molecule has 0 radical (unpaired) electrons. The van der Waals surface area contributed by atoms with Crippen molar-refractivity contribution in [2.45, 2.75) is 38.3 Å². The molecule has 0 spiro atoms. The van der Waals surface area contributed by atoms with Crippen LogP contribution in [-0.2, 0) is 24.8 Å². The minimum Gasteiger partial charge on any atom is -0.388 e. The van der Waals surface area contributed by atoms with Crippen molar-refractivity contribution in [1.29, 1.82) is 0 Å². The van der Waals surface area contributed by atoms with Gasteiger partial charge in [0, 0.05) is 26.6 Å². The Morgan fingerprint density at radius 1 is 1.38 bits per heavy atom. The van der Waals surface area contributed by atoms with Crippen molar-refractivity contribution in [2.24, 2.45) is 7.05 Å². The Bertz CT molecular complexity index is 760. The third-order valence-electron chi connectivity index (χ3n) is 5.03. The molecule has 7 heteroatoms. The summed E-state index contributed by atoms with van der Waals surface area (Å²) in [5.74, 6) is 0.745. The third-order valence-corrected chi connectivity index (χ3v) is 5.03. The third kappa shape index (κ3) is 4.68. The van der Waals surface area contributed by atoms with E-state index in [1.807, 2.05) is 47.7 Å². The Morgan fingerprint density at radius 3 is 2.92 bits per heavy atom. The second-order valence-corrected chi connectivity index (χ2v) is 7.28. The van der Waals surface area contributed by atoms with Crippen molar-refractivity contribution in [2.75, 3.05) is 19.6 Å². The molecule has 0 bridgehead atoms. The molecule has 1 atom stereocenters. The van der Waals surface area contributed by atoms with Crippen molar-refractivity contribution in [3.63, 3.8) is 0 Å². The lowest BCUT2D eigenvalue weighted by atomic mass is 9.89. The number of aryl methyl sites for hydroxylation is 2. The fourth-order valence-corrected chi connectivity index (χ4v) is 3.51. The first kappa shape index (κ1) is 18.5. The average molecular weight is 357 g/mol. The van der Waals surface area contributed by atoms with E-state index in [2.05, 4.69) is 15.5 Å². The van der Waals surface area contributed by atoms with E-state index in [4.69, 9.17) is 0 Å². The largest absolute Gasteiger partial charge is 0.388 e. The van der Waals surface area contributed by atoms with Crippen LogP contribution >= 0.6 is 0 Å². The Hall–Kier alpha value is -2.25. The van der Waals surface area contributed by atoms with Crippen molar-refractivity contribution < 1.29 is 9.90 Å². The standard InChI is InChI=1S/C19H27N5O2/c1-15-6-3-4-7-16(15)11-20-18(25)12-24-9-5-8-19(26,13-24)10-17-22-21-14-23(17)2/h3-4,6-7,14,26H,5,8-13H2,1-2H3,(H,20,25). The maximum atomic E-state index is 12.3. The number of piperidine rings is 1. The van der Waals surface area contributed by atoms with E-state index in [0.717, 1.165) is 24.4 Å². The number of hydrogen-bond donors (Lipinski definition) is 2. The summed E-state index contributed by atoms with van der Waals surface area (Å²) in [5, 5.41) is 21.9. The highest BCUT2D eigenvalue weighted by Crippen LogP contribution is 2.24. The molecule has 140 valence electrons. The lowest BCUT2D eigenvalue weighted by molar-refractivity contribution is -0.124. The number of β-amino-alcohol motifs (C(OH)–C–C–N with tert-alkyl or cyclic N) is 1. The van der Waals surface area contributed by atoms with Gasteiger partial charge in [-0.1, -0.05) is 24.3 Å². The molecular formula is C19H27N5O2. The van der Waals surface area contributed by atoms with Crippen molar-refractivity contribution in [1.82, 2.24) is 25.0 Å². The van der Waals surface area contributed by atoms with Gasteiger partial charge in [-0.05, 0) is 37.4 Å². The number of nitrogens with one attached hydrogen (secondary N) is 1. The zero-order chi connectivity index (χ0) is 18.6. The zero-order valence-electron chi connectivity index (χ0n) is 15.5. The van der Waals surface area contributed by atoms with Gasteiger partial charge in [-0.25, -0.2) is 0 Å². The number of rotatable bonds is 6. The SMILES string of the molecule is Cc1ccccc1CNC(=O)CN1CCCC(O)(Cc2nncn2C)C1. The number of carbonyl (C=O) groups is 1. The normalized spacial score (nSPS) is 20.9. The topological polar surface area (TPSA) is 83.3 Å². The molecule has 0 aliphatic carbocycles. The van der Waals surface area contributed by atoms with Gasteiger partial charge >= 0.3 is 0 Å². The van der Waals surface area contributed by atoms with Gasteiger partial charge < -0.3 is 15.0 Å². The highest BCUT2D eigenvalue weighted by molar-refractivity contribution is 5.78. The minimum absolute atomic E-state index is 0.0174. The van der Waals surface area contributed by atoms with E-state index in [1.165, 1.54) is 5.56 Å². The number of aliphatic hydroxyl groups is 1. The van der Waals surface area contributed by atoms with Crippen LogP contribution in [0.1, 0.15) is 29.8 Å². The Balaban J connectivity index is 1.52. The molecule has 2 aromatic rings. The van der Waals surface area contributed by atoms with Crippen LogP contribution in [0.25, 0.3) is 0 Å². The van der Waals surface area contributed by atoms with Gasteiger partial charge in [0.25, 0.3) is 0 Å². The van der Waals surface area contributed by atoms with Crippen LogP contribution < -0.4 is 5.32 Å². The highest BCUT2D eigenvalue weighted by atomic mass is 16.3. The fourth-order valence-electron chi connectivity index (χ4n) is 3.51. The molecule has 1 amide bonds. The molecule has 2 heterocycles. The number of aromatic nitrogens is 3. The molecule has 1 fully saturated rings. The van der Waals surface area contributed by atoms with Crippen molar-refractivity contribution >= 4 is 5.91 Å². The number of benzene rings is 1. The molecule has 2 N–H and O–H groups in total. The average Bonchev–Trinajstić information content (AvgIpc) is 2.98. The van der Waals surface area contributed by atoms with E-state index >= 15 is 0 Å². The van der Waals surface area contributed by atoms with Crippen molar-refractivity contribution in [3.05, 3.63) is 47.5 Å². The molecule has 1 unspecified atom stereocenters. The molecular weight excluding hydrogens is 330 g/mol. The Morgan fingerprint density at radius 2 is 2.19 bits per heavy atom. The Labute approximate surface area is 154 Å². The van der Waals surface area contributed by atoms with Crippen molar-refractivity contribution in [3.8, 4) is 0 Å². The molecule has 0 saturated carbocycles. The smallest absolute Gasteiger partial charge is 0.234 e. The fraction of sp³-hybridized carbons (Fsp3) is 0.526. The summed E-state index contributed by atoms with van der Waals surface area (Å²) in [6.45, 7) is 4.16. The minimum atomic E-state index is -0.866. The number of nitrogens with zero attached hydrogens (tertiary/aromatic N) is 4. The van der Waals surface area contributed by atoms with Crippen LogP contribution in [0.5, 0.6) is 0 Å². The van der Waals surface area contributed by atoms with Gasteiger partial charge in [0.2, 0.25) is 5.91 Å². The summed E-state index contributed by atoms with van der Waals surface area (Å²) in [7, 11) is 1.87. The molecule has 1 aliphatic rings. The predicted octanol–water partition coefficient (Wildman–Crippen LogP) is 0.809. The molecule has 1 aliphatic heterocycles. The first-order valence-electron chi connectivity index (χ1n) is 9.04. The van der Waals surface area contributed by atoms with E-state index < -0.39 is 5.60 Å². The van der Waals surface area contributed by atoms with Gasteiger partial charge in [0.1, 0.15) is 12.2 Å². The molecule has 1 aromatic carbocycles. The first-order valence-corrected chi connectivity index (χ1v) is 9.04. The van der Waals surface area contributed by atoms with E-state index in [-0.39, 0.29) is 5.91 Å². The molecule has 7 nitrogen and oxygen atoms in total. The number of amides is 1. The van der Waals surface area contributed by atoms with Gasteiger partial charge in [-0.15, -0.1) is 10.2 Å². The van der Waals surface area contributed by atoms with Crippen LogP contribution in [0.4, 0.5) is 0 Å². The molecule has 26 heavy (non-hydrogen) atoms. The van der Waals surface area contributed by atoms with E-state index in [9.17, 15) is 9.90 Å². The zero-order valence-corrected chi connectivity index (χ0v) is 15.5. The quantitative estimate of drug-likeness (QED) is 0.799. The number of carbonyl (C=O) groups excluding carboxylic acids is 1. The second kappa shape index (κ2) is 7.97. The number of hydrogen-bond acceptors (Lipinski definition) is 5. The Kier molecular flexibility index (Phi) is 5.68. The van der Waals surface area contributed by atoms with E-state index in [0.29, 0.717) is 32.5 Å². The lowest BCUT2D eigenvalue weighted by Gasteiger charge is -2.38. The number of likely N-dealkylation sites (tertiary alicyclic amines) is 1. The maximum absolute atomic E-state index is 12.3. The van der Waals surface area contributed by atoms with Crippen LogP contribution in [0, 0.1) is 6.92 Å². The van der Waals surface area contributed by atoms with E-state index in [1.54, 1.807) is 6.33 Å². The van der Waals surface area contributed by atoms with Gasteiger partial charge in [0.15, 0.2) is 0 Å². The predicted molar refractivity (Wildman–Crippen MR) is 98.4 cm³/mol. The summed E-state index contributed by atoms with van der Waals surface area (Å²) < 4.78 is 1.83. The van der Waals surface area contributed by atoms with Crippen LogP contribution in [0.15, 0.2) is 30.6 Å². The van der Waals surface area contributed by atoms with Gasteiger partial charge in [-0.3, -0.25) is 9.69 Å². The van der Waals surface area contributed by atoms with Crippen LogP contribution in [0.3, 0.4) is 0 Å². The maximum Gasteiger partial charge on any atom is 0.234 e. The summed E-state index contributed by atoms with van der Waals surface area (Å²) in [5.41, 5.74) is 1.43. The van der Waals surface area contributed by atoms with Crippen LogP contribution in [-0.4, -0.2) is 55.9 Å². The summed E-state index contributed by atoms with van der Waals surface area (Å²) in [6.07, 6.45) is 3.66. The second-order valence-electron chi connectivity index (χ2n) is 7.28. The highest BCUT2D eigenvalue weighted by Gasteiger charge is 2.35. The van der Waals surface area contributed by atoms with Gasteiger partial charge in [-0.2, -0.15) is 0 Å². The monoisotopic (exact) mass is 357 g/mol. The lowest BCUT2D eigenvalue weighted by Crippen LogP contribution is -2.52. The first-order chi connectivity index (χ1) is 12.5. The van der Waals surface area contributed by atoms with Gasteiger partial charge in [0.05, 0.1) is 12.1 Å².